The number of hydrogen-bond acceptors (Lipinski definition) is 3. The molecule has 1 amide bonds. The van der Waals surface area contributed by atoms with Crippen molar-refractivity contribution >= 4 is 5.91 Å². The summed E-state index contributed by atoms with van der Waals surface area (Å²) in [4.78, 5) is 16.9. The maximum Gasteiger partial charge on any atom is 0.274 e. The number of benzene rings is 1. The Balaban J connectivity index is 1.77. The Morgan fingerprint density at radius 3 is 3.18 bits per heavy atom. The van der Waals surface area contributed by atoms with Crippen molar-refractivity contribution in [2.45, 2.75) is 13.3 Å². The highest BCUT2D eigenvalue weighted by Gasteiger charge is 2.16. The van der Waals surface area contributed by atoms with Crippen LogP contribution in [-0.2, 0) is 9.57 Å². The van der Waals surface area contributed by atoms with Crippen LogP contribution in [0.15, 0.2) is 24.3 Å². The molecule has 0 aliphatic carbocycles. The van der Waals surface area contributed by atoms with Crippen molar-refractivity contribution in [3.8, 4) is 0 Å². The number of ether oxygens (including phenoxy) is 1. The van der Waals surface area contributed by atoms with Crippen LogP contribution in [0, 0.1) is 12.8 Å². The van der Waals surface area contributed by atoms with Gasteiger partial charge in [-0.15, -0.1) is 0 Å². The highest BCUT2D eigenvalue weighted by atomic mass is 16.7. The molecule has 92 valence electrons. The standard InChI is InChI=1S/C13H17NO3/c1-10-3-2-4-12(7-10)13(15)14-17-9-11-5-6-16-8-11/h2-4,7,11H,5-6,8-9H2,1H3,(H,14,15). The van der Waals surface area contributed by atoms with Crippen LogP contribution in [-0.4, -0.2) is 25.7 Å². The van der Waals surface area contributed by atoms with Crippen LogP contribution in [0.1, 0.15) is 22.3 Å². The van der Waals surface area contributed by atoms with Gasteiger partial charge < -0.3 is 4.74 Å². The second-order valence-corrected chi connectivity index (χ2v) is 4.34. The number of aryl methyl sites for hydroxylation is 1. The molecule has 1 fully saturated rings. The van der Waals surface area contributed by atoms with E-state index in [4.69, 9.17) is 9.57 Å². The quantitative estimate of drug-likeness (QED) is 0.808. The van der Waals surface area contributed by atoms with E-state index >= 15 is 0 Å². The minimum Gasteiger partial charge on any atom is -0.381 e. The number of hydrogen-bond donors (Lipinski definition) is 1. The summed E-state index contributed by atoms with van der Waals surface area (Å²) in [6.07, 6.45) is 1.00. The largest absolute Gasteiger partial charge is 0.381 e. The zero-order valence-corrected chi connectivity index (χ0v) is 9.94. The van der Waals surface area contributed by atoms with Gasteiger partial charge in [-0.05, 0) is 25.5 Å². The molecule has 0 saturated carbocycles. The SMILES string of the molecule is Cc1cccc(C(=O)NOCC2CCOC2)c1. The van der Waals surface area contributed by atoms with Gasteiger partial charge >= 0.3 is 0 Å². The van der Waals surface area contributed by atoms with Gasteiger partial charge in [-0.25, -0.2) is 5.48 Å². The summed E-state index contributed by atoms with van der Waals surface area (Å²) in [5, 5.41) is 0. The molecule has 4 nitrogen and oxygen atoms in total. The maximum atomic E-state index is 11.7. The van der Waals surface area contributed by atoms with Gasteiger partial charge in [0.15, 0.2) is 0 Å². The lowest BCUT2D eigenvalue weighted by Crippen LogP contribution is -2.26. The minimum atomic E-state index is -0.201. The van der Waals surface area contributed by atoms with Gasteiger partial charge in [0.05, 0.1) is 13.2 Å². The van der Waals surface area contributed by atoms with E-state index in [-0.39, 0.29) is 5.91 Å². The summed E-state index contributed by atoms with van der Waals surface area (Å²) in [7, 11) is 0. The van der Waals surface area contributed by atoms with Crippen LogP contribution in [0.5, 0.6) is 0 Å². The fourth-order valence-electron chi connectivity index (χ4n) is 1.79. The van der Waals surface area contributed by atoms with Crippen LogP contribution >= 0.6 is 0 Å². The van der Waals surface area contributed by atoms with Gasteiger partial charge in [0.25, 0.3) is 5.91 Å². The molecule has 1 aromatic carbocycles. The van der Waals surface area contributed by atoms with Crippen LogP contribution in [0.25, 0.3) is 0 Å². The van der Waals surface area contributed by atoms with E-state index in [0.29, 0.717) is 18.1 Å². The van der Waals surface area contributed by atoms with Crippen molar-refractivity contribution in [2.75, 3.05) is 19.8 Å². The Bertz CT molecular complexity index is 386. The van der Waals surface area contributed by atoms with Crippen LogP contribution in [0.4, 0.5) is 0 Å². The van der Waals surface area contributed by atoms with E-state index in [2.05, 4.69) is 5.48 Å². The predicted molar refractivity (Wildman–Crippen MR) is 63.5 cm³/mol. The van der Waals surface area contributed by atoms with Gasteiger partial charge in [0.2, 0.25) is 0 Å². The molecule has 0 aromatic heterocycles. The number of carbonyl (C=O) groups excluding carboxylic acids is 1. The molecule has 1 unspecified atom stereocenters. The van der Waals surface area contributed by atoms with Gasteiger partial charge in [0.1, 0.15) is 0 Å². The summed E-state index contributed by atoms with van der Waals surface area (Å²) in [5.41, 5.74) is 4.13. The first kappa shape index (κ1) is 12.1. The van der Waals surface area contributed by atoms with Crippen molar-refractivity contribution in [3.05, 3.63) is 35.4 Å². The van der Waals surface area contributed by atoms with Crippen molar-refractivity contribution < 1.29 is 14.4 Å². The van der Waals surface area contributed by atoms with Crippen molar-refractivity contribution in [1.29, 1.82) is 0 Å². The summed E-state index contributed by atoms with van der Waals surface area (Å²) < 4.78 is 5.22. The molecule has 1 saturated heterocycles. The Morgan fingerprint density at radius 2 is 2.47 bits per heavy atom. The lowest BCUT2D eigenvalue weighted by Gasteiger charge is -2.09. The van der Waals surface area contributed by atoms with Gasteiger partial charge in [0, 0.05) is 18.1 Å². The Hall–Kier alpha value is -1.39. The molecule has 1 heterocycles. The predicted octanol–water partition coefficient (Wildman–Crippen LogP) is 1.69. The first-order valence-corrected chi connectivity index (χ1v) is 5.82. The molecule has 2 rings (SSSR count). The van der Waals surface area contributed by atoms with E-state index in [1.807, 2.05) is 25.1 Å². The third-order valence-electron chi connectivity index (χ3n) is 2.79. The summed E-state index contributed by atoms with van der Waals surface area (Å²) >= 11 is 0. The highest BCUT2D eigenvalue weighted by Crippen LogP contribution is 2.11. The number of carbonyl (C=O) groups is 1. The van der Waals surface area contributed by atoms with Crippen LogP contribution in [0.2, 0.25) is 0 Å². The van der Waals surface area contributed by atoms with Crippen molar-refractivity contribution in [3.63, 3.8) is 0 Å². The Labute approximate surface area is 101 Å². The second kappa shape index (κ2) is 5.80. The third-order valence-corrected chi connectivity index (χ3v) is 2.79. The molecule has 1 aliphatic heterocycles. The van der Waals surface area contributed by atoms with E-state index < -0.39 is 0 Å². The lowest BCUT2D eigenvalue weighted by molar-refractivity contribution is 0.0145. The number of amides is 1. The number of nitrogens with one attached hydrogen (secondary N) is 1. The lowest BCUT2D eigenvalue weighted by atomic mass is 10.1. The average molecular weight is 235 g/mol. The Morgan fingerprint density at radius 1 is 1.59 bits per heavy atom. The molecule has 4 heteroatoms. The minimum absolute atomic E-state index is 0.201. The molecule has 1 atom stereocenters. The smallest absolute Gasteiger partial charge is 0.274 e. The van der Waals surface area contributed by atoms with Gasteiger partial charge in [-0.2, -0.15) is 0 Å². The van der Waals surface area contributed by atoms with Crippen molar-refractivity contribution in [2.24, 2.45) is 5.92 Å². The molecular formula is C13H17NO3. The first-order valence-electron chi connectivity index (χ1n) is 5.82. The number of hydroxylamine groups is 1. The maximum absolute atomic E-state index is 11.7. The first-order chi connectivity index (χ1) is 8.25. The number of rotatable bonds is 4. The fourth-order valence-corrected chi connectivity index (χ4v) is 1.79. The van der Waals surface area contributed by atoms with E-state index in [9.17, 15) is 4.79 Å². The zero-order chi connectivity index (χ0) is 12.1. The second-order valence-electron chi connectivity index (χ2n) is 4.34. The molecule has 1 N–H and O–H groups in total. The molecule has 0 radical (unpaired) electrons. The normalized spacial score (nSPS) is 19.2. The molecular weight excluding hydrogens is 218 g/mol. The highest BCUT2D eigenvalue weighted by molar-refractivity contribution is 5.93. The molecule has 1 aliphatic rings. The summed E-state index contributed by atoms with van der Waals surface area (Å²) in [5.74, 6) is 0.195. The Kier molecular flexibility index (Phi) is 4.12. The molecule has 0 spiro atoms. The zero-order valence-electron chi connectivity index (χ0n) is 9.94. The third kappa shape index (κ3) is 3.54. The van der Waals surface area contributed by atoms with E-state index in [1.165, 1.54) is 0 Å². The summed E-state index contributed by atoms with van der Waals surface area (Å²) in [6.45, 7) is 3.98. The molecule has 1 aromatic rings. The van der Waals surface area contributed by atoms with Gasteiger partial charge in [-0.1, -0.05) is 17.7 Å². The van der Waals surface area contributed by atoms with Gasteiger partial charge in [-0.3, -0.25) is 9.63 Å². The molecule has 17 heavy (non-hydrogen) atoms. The molecule has 0 bridgehead atoms. The van der Waals surface area contributed by atoms with Crippen LogP contribution < -0.4 is 5.48 Å². The van der Waals surface area contributed by atoms with E-state index in [0.717, 1.165) is 25.2 Å². The fraction of sp³-hybridized carbons (Fsp3) is 0.462. The van der Waals surface area contributed by atoms with Crippen molar-refractivity contribution in [1.82, 2.24) is 5.48 Å². The van der Waals surface area contributed by atoms with Crippen LogP contribution in [0.3, 0.4) is 0 Å². The monoisotopic (exact) mass is 235 g/mol. The van der Waals surface area contributed by atoms with E-state index in [1.54, 1.807) is 6.07 Å². The summed E-state index contributed by atoms with van der Waals surface area (Å²) in [6, 6.07) is 7.41. The topological polar surface area (TPSA) is 47.6 Å². The average Bonchev–Trinajstić information content (AvgIpc) is 2.82.